The smallest absolute Gasteiger partial charge is 0.319 e. The fourth-order valence-electron chi connectivity index (χ4n) is 4.13. The number of fused-ring (bicyclic) bond motifs is 2. The summed E-state index contributed by atoms with van der Waals surface area (Å²) < 4.78 is 0. The first-order chi connectivity index (χ1) is 13.5. The summed E-state index contributed by atoms with van der Waals surface area (Å²) in [6.45, 7) is 7.58. The van der Waals surface area contributed by atoms with Crippen molar-refractivity contribution in [1.82, 2.24) is 10.2 Å². The molecule has 6 heteroatoms. The molecule has 0 bridgehead atoms. The van der Waals surface area contributed by atoms with Crippen LogP contribution in [-0.4, -0.2) is 35.7 Å². The van der Waals surface area contributed by atoms with E-state index >= 15 is 0 Å². The van der Waals surface area contributed by atoms with Crippen LogP contribution in [0, 0.1) is 13.8 Å². The summed E-state index contributed by atoms with van der Waals surface area (Å²) in [5, 5.41) is 2.88. The lowest BCUT2D eigenvalue weighted by Crippen LogP contribution is -2.53. The van der Waals surface area contributed by atoms with Crippen LogP contribution >= 0.6 is 11.8 Å². The third-order valence-corrected chi connectivity index (χ3v) is 6.76. The number of nitrogens with one attached hydrogen (secondary N) is 1. The summed E-state index contributed by atoms with van der Waals surface area (Å²) in [5.74, 6) is 0.720. The van der Waals surface area contributed by atoms with Crippen LogP contribution in [0.1, 0.15) is 29.2 Å². The Bertz CT molecular complexity index is 945. The maximum absolute atomic E-state index is 13.8. The molecule has 0 aliphatic carbocycles. The molecule has 3 amide bonds. The van der Waals surface area contributed by atoms with Gasteiger partial charge in [-0.3, -0.25) is 9.69 Å². The number of anilines is 1. The molecule has 1 fully saturated rings. The van der Waals surface area contributed by atoms with Gasteiger partial charge in [0.25, 0.3) is 5.91 Å². The summed E-state index contributed by atoms with van der Waals surface area (Å²) >= 11 is 1.57. The molecule has 5 nitrogen and oxygen atoms in total. The van der Waals surface area contributed by atoms with Crippen LogP contribution in [0.5, 0.6) is 0 Å². The Hall–Kier alpha value is -2.47. The number of hydrogen-bond donors (Lipinski definition) is 1. The molecular formula is C22H25N3O2S. The molecule has 2 aromatic rings. The van der Waals surface area contributed by atoms with Crippen molar-refractivity contribution >= 4 is 29.4 Å². The highest BCUT2D eigenvalue weighted by Crippen LogP contribution is 2.54. The summed E-state index contributed by atoms with van der Waals surface area (Å²) in [6, 6.07) is 14.2. The molecule has 2 aliphatic rings. The second-order valence-electron chi connectivity index (χ2n) is 7.38. The van der Waals surface area contributed by atoms with E-state index in [0.29, 0.717) is 19.6 Å². The van der Waals surface area contributed by atoms with Gasteiger partial charge in [0.1, 0.15) is 0 Å². The van der Waals surface area contributed by atoms with Crippen molar-refractivity contribution in [2.45, 2.75) is 32.2 Å². The Labute approximate surface area is 170 Å². The third-order valence-electron chi connectivity index (χ3n) is 5.35. The van der Waals surface area contributed by atoms with E-state index in [-0.39, 0.29) is 11.9 Å². The van der Waals surface area contributed by atoms with Crippen molar-refractivity contribution in [3.63, 3.8) is 0 Å². The van der Waals surface area contributed by atoms with Gasteiger partial charge >= 0.3 is 6.03 Å². The normalized spacial score (nSPS) is 20.8. The zero-order chi connectivity index (χ0) is 19.9. The van der Waals surface area contributed by atoms with Gasteiger partial charge in [-0.15, -0.1) is 11.8 Å². The average Bonchev–Trinajstić information content (AvgIpc) is 3.20. The van der Waals surface area contributed by atoms with Crippen molar-refractivity contribution in [2.75, 3.05) is 23.7 Å². The number of nitrogens with zero attached hydrogens (tertiary/aromatic N) is 2. The SMILES string of the molecule is CCNC(=O)N1CCS[C@]12C(=O)N(Cc1cccc(C)c1)c1ccc(C)cc12. The number of hydrogen-bond acceptors (Lipinski definition) is 3. The Morgan fingerprint density at radius 3 is 2.71 bits per heavy atom. The van der Waals surface area contributed by atoms with E-state index in [2.05, 4.69) is 30.4 Å². The molecule has 4 rings (SSSR count). The van der Waals surface area contributed by atoms with Crippen LogP contribution in [0.4, 0.5) is 10.5 Å². The number of carbonyl (C=O) groups excluding carboxylic acids is 2. The van der Waals surface area contributed by atoms with Crippen molar-refractivity contribution in [1.29, 1.82) is 0 Å². The van der Waals surface area contributed by atoms with Gasteiger partial charge in [0, 0.05) is 24.4 Å². The first-order valence-electron chi connectivity index (χ1n) is 9.65. The third kappa shape index (κ3) is 2.87. The van der Waals surface area contributed by atoms with Crippen molar-refractivity contribution in [3.05, 3.63) is 64.7 Å². The standard InChI is InChI=1S/C22H25N3O2S/c1-4-23-21(27)25-10-11-28-22(25)18-13-16(3)8-9-19(18)24(20(22)26)14-17-7-5-6-15(2)12-17/h5-9,12-13H,4,10-11,14H2,1-3H3,(H,23,27)/t22-/m1/s1. The fourth-order valence-corrected chi connectivity index (χ4v) is 5.58. The van der Waals surface area contributed by atoms with E-state index in [1.807, 2.05) is 43.0 Å². The summed E-state index contributed by atoms with van der Waals surface area (Å²) in [6.07, 6.45) is 0. The molecule has 146 valence electrons. The number of aryl methyl sites for hydroxylation is 2. The number of urea groups is 1. The maximum atomic E-state index is 13.8. The molecular weight excluding hydrogens is 370 g/mol. The minimum absolute atomic E-state index is 0.0247. The predicted octanol–water partition coefficient (Wildman–Crippen LogP) is 3.78. The van der Waals surface area contributed by atoms with E-state index < -0.39 is 4.87 Å². The Balaban J connectivity index is 1.80. The van der Waals surface area contributed by atoms with Crippen molar-refractivity contribution in [2.24, 2.45) is 0 Å². The Kier molecular flexibility index (Phi) is 4.83. The van der Waals surface area contributed by atoms with E-state index in [1.165, 1.54) is 5.56 Å². The number of carbonyl (C=O) groups is 2. The maximum Gasteiger partial charge on any atom is 0.319 e. The number of thioether (sulfide) groups is 1. The second-order valence-corrected chi connectivity index (χ2v) is 8.67. The summed E-state index contributed by atoms with van der Waals surface area (Å²) in [5.41, 5.74) is 5.18. The van der Waals surface area contributed by atoms with Crippen LogP contribution < -0.4 is 10.2 Å². The zero-order valence-corrected chi connectivity index (χ0v) is 17.3. The van der Waals surface area contributed by atoms with Crippen LogP contribution in [0.25, 0.3) is 0 Å². The molecule has 0 saturated carbocycles. The van der Waals surface area contributed by atoms with E-state index in [4.69, 9.17) is 0 Å². The molecule has 1 spiro atoms. The molecule has 1 atom stereocenters. The zero-order valence-electron chi connectivity index (χ0n) is 16.5. The first kappa shape index (κ1) is 18.9. The minimum Gasteiger partial charge on any atom is -0.338 e. The summed E-state index contributed by atoms with van der Waals surface area (Å²) in [7, 11) is 0. The lowest BCUT2D eigenvalue weighted by atomic mass is 10.0. The molecule has 1 saturated heterocycles. The van der Waals surface area contributed by atoms with Gasteiger partial charge in [0.2, 0.25) is 0 Å². The Morgan fingerprint density at radius 1 is 1.18 bits per heavy atom. The number of benzene rings is 2. The largest absolute Gasteiger partial charge is 0.338 e. The molecule has 28 heavy (non-hydrogen) atoms. The molecule has 1 N–H and O–H groups in total. The molecule has 0 radical (unpaired) electrons. The van der Waals surface area contributed by atoms with Crippen LogP contribution in [0.15, 0.2) is 42.5 Å². The highest BCUT2D eigenvalue weighted by molar-refractivity contribution is 8.01. The monoisotopic (exact) mass is 395 g/mol. The van der Waals surface area contributed by atoms with Gasteiger partial charge in [-0.05, 0) is 32.4 Å². The highest BCUT2D eigenvalue weighted by atomic mass is 32.2. The van der Waals surface area contributed by atoms with Crippen LogP contribution in [0.3, 0.4) is 0 Å². The van der Waals surface area contributed by atoms with Crippen LogP contribution in [0.2, 0.25) is 0 Å². The minimum atomic E-state index is -0.968. The quantitative estimate of drug-likeness (QED) is 0.860. The molecule has 0 unspecified atom stereocenters. The average molecular weight is 396 g/mol. The van der Waals surface area contributed by atoms with Gasteiger partial charge in [-0.1, -0.05) is 47.5 Å². The summed E-state index contributed by atoms with van der Waals surface area (Å²) in [4.78, 5) is 29.2. The fraction of sp³-hybridized carbons (Fsp3) is 0.364. The lowest BCUT2D eigenvalue weighted by Gasteiger charge is -2.33. The molecule has 0 aromatic heterocycles. The first-order valence-corrected chi connectivity index (χ1v) is 10.6. The topological polar surface area (TPSA) is 52.7 Å². The van der Waals surface area contributed by atoms with Crippen molar-refractivity contribution < 1.29 is 9.59 Å². The Morgan fingerprint density at radius 2 is 1.96 bits per heavy atom. The van der Waals surface area contributed by atoms with Gasteiger partial charge in [0.15, 0.2) is 4.87 Å². The molecule has 2 aliphatic heterocycles. The van der Waals surface area contributed by atoms with Crippen LogP contribution in [-0.2, 0) is 16.2 Å². The van der Waals surface area contributed by atoms with Crippen molar-refractivity contribution in [3.8, 4) is 0 Å². The van der Waals surface area contributed by atoms with Gasteiger partial charge in [-0.25, -0.2) is 4.79 Å². The molecule has 2 heterocycles. The van der Waals surface area contributed by atoms with Gasteiger partial charge < -0.3 is 10.2 Å². The highest BCUT2D eigenvalue weighted by Gasteiger charge is 2.59. The van der Waals surface area contributed by atoms with E-state index in [9.17, 15) is 9.59 Å². The number of rotatable bonds is 3. The number of amides is 3. The lowest BCUT2D eigenvalue weighted by molar-refractivity contribution is -0.123. The second kappa shape index (κ2) is 7.17. The van der Waals surface area contributed by atoms with E-state index in [0.717, 1.165) is 28.1 Å². The predicted molar refractivity (Wildman–Crippen MR) is 113 cm³/mol. The molecule has 2 aromatic carbocycles. The van der Waals surface area contributed by atoms with Gasteiger partial charge in [0.05, 0.1) is 12.2 Å². The van der Waals surface area contributed by atoms with Gasteiger partial charge in [-0.2, -0.15) is 0 Å². The van der Waals surface area contributed by atoms with E-state index in [1.54, 1.807) is 16.7 Å².